The van der Waals surface area contributed by atoms with E-state index in [9.17, 15) is 4.79 Å². The van der Waals surface area contributed by atoms with Gasteiger partial charge in [-0.1, -0.05) is 6.92 Å². The Bertz CT molecular complexity index is 77.5. The average Bonchev–Trinajstić information content (AvgIpc) is 1.89. The van der Waals surface area contributed by atoms with Crippen LogP contribution in [0.2, 0.25) is 0 Å². The largest absolute Gasteiger partial charge is 0.347 e. The van der Waals surface area contributed by atoms with Gasteiger partial charge in [0.2, 0.25) is 6.41 Å². The molecule has 0 bridgehead atoms. The van der Waals surface area contributed by atoms with Gasteiger partial charge in [-0.15, -0.1) is 0 Å². The molecular formula is C6H13NOS. The molecule has 3 heteroatoms. The second-order valence-electron chi connectivity index (χ2n) is 1.78. The lowest BCUT2D eigenvalue weighted by molar-refractivity contribution is -0.116. The van der Waals surface area contributed by atoms with Crippen LogP contribution in [0.4, 0.5) is 0 Å². The standard InChI is InChI=1S/C6H13NOS/c1-3-9-5-4-7(2)6-8/h6H,3-5H2,1-2H3. The zero-order chi connectivity index (χ0) is 7.11. The lowest BCUT2D eigenvalue weighted by Crippen LogP contribution is -2.18. The summed E-state index contributed by atoms with van der Waals surface area (Å²) in [6.07, 6.45) is 0.857. The zero-order valence-corrected chi connectivity index (χ0v) is 6.78. The Hall–Kier alpha value is -0.180. The molecule has 0 aliphatic rings. The molecule has 54 valence electrons. The number of carbonyl (C=O) groups excluding carboxylic acids is 1. The molecule has 9 heavy (non-hydrogen) atoms. The highest BCUT2D eigenvalue weighted by atomic mass is 32.2. The van der Waals surface area contributed by atoms with Gasteiger partial charge in [0.05, 0.1) is 0 Å². The van der Waals surface area contributed by atoms with E-state index in [2.05, 4.69) is 6.92 Å². The monoisotopic (exact) mass is 147 g/mol. The van der Waals surface area contributed by atoms with Crippen molar-refractivity contribution in [2.75, 3.05) is 25.1 Å². The molecule has 0 aliphatic heterocycles. The van der Waals surface area contributed by atoms with Gasteiger partial charge in [-0.05, 0) is 5.75 Å². The molecule has 0 N–H and O–H groups in total. The summed E-state index contributed by atoms with van der Waals surface area (Å²) in [5.41, 5.74) is 0. The maximum Gasteiger partial charge on any atom is 0.209 e. The van der Waals surface area contributed by atoms with Crippen LogP contribution in [-0.2, 0) is 4.79 Å². The molecule has 1 amide bonds. The molecule has 0 aromatic carbocycles. The van der Waals surface area contributed by atoms with Gasteiger partial charge in [-0.3, -0.25) is 4.79 Å². The second kappa shape index (κ2) is 5.95. The molecule has 0 aliphatic carbocycles. The Labute approximate surface area is 60.6 Å². The number of hydrogen-bond acceptors (Lipinski definition) is 2. The molecule has 0 atom stereocenters. The van der Waals surface area contributed by atoms with E-state index < -0.39 is 0 Å². The fourth-order valence-corrected chi connectivity index (χ4v) is 1.11. The van der Waals surface area contributed by atoms with Crippen molar-refractivity contribution in [1.82, 2.24) is 4.90 Å². The Morgan fingerprint density at radius 2 is 2.33 bits per heavy atom. The Morgan fingerprint density at radius 1 is 1.67 bits per heavy atom. The molecule has 0 fully saturated rings. The maximum absolute atomic E-state index is 10.0. The fraction of sp³-hybridized carbons (Fsp3) is 0.833. The van der Waals surface area contributed by atoms with Crippen LogP contribution < -0.4 is 0 Å². The van der Waals surface area contributed by atoms with Crippen LogP contribution in [0.5, 0.6) is 0 Å². The van der Waals surface area contributed by atoms with E-state index in [-0.39, 0.29) is 0 Å². The molecule has 2 nitrogen and oxygen atoms in total. The first-order chi connectivity index (χ1) is 4.31. The molecule has 0 heterocycles. The molecular weight excluding hydrogens is 134 g/mol. The van der Waals surface area contributed by atoms with Crippen molar-refractivity contribution >= 4 is 18.2 Å². The van der Waals surface area contributed by atoms with E-state index >= 15 is 0 Å². The number of hydrogen-bond donors (Lipinski definition) is 0. The van der Waals surface area contributed by atoms with Gasteiger partial charge in [0.25, 0.3) is 0 Å². The summed E-state index contributed by atoms with van der Waals surface area (Å²) in [6, 6.07) is 0. The van der Waals surface area contributed by atoms with E-state index in [0.717, 1.165) is 24.5 Å². The van der Waals surface area contributed by atoms with E-state index in [1.807, 2.05) is 11.8 Å². The lowest BCUT2D eigenvalue weighted by Gasteiger charge is -2.07. The average molecular weight is 147 g/mol. The van der Waals surface area contributed by atoms with E-state index in [4.69, 9.17) is 0 Å². The van der Waals surface area contributed by atoms with Crippen LogP contribution in [-0.4, -0.2) is 36.4 Å². The van der Waals surface area contributed by atoms with Crippen molar-refractivity contribution in [2.24, 2.45) is 0 Å². The highest BCUT2D eigenvalue weighted by Crippen LogP contribution is 1.96. The SMILES string of the molecule is CCSCCN(C)C=O. The summed E-state index contributed by atoms with van der Waals surface area (Å²) >= 11 is 1.85. The predicted octanol–water partition coefficient (Wildman–Crippen LogP) is 0.828. The first kappa shape index (κ1) is 8.82. The molecule has 0 saturated carbocycles. The van der Waals surface area contributed by atoms with E-state index in [1.54, 1.807) is 11.9 Å². The van der Waals surface area contributed by atoms with Gasteiger partial charge in [0.15, 0.2) is 0 Å². The van der Waals surface area contributed by atoms with Crippen LogP contribution in [0.25, 0.3) is 0 Å². The van der Waals surface area contributed by atoms with Crippen molar-refractivity contribution in [3.63, 3.8) is 0 Å². The molecule has 0 radical (unpaired) electrons. The third-order valence-electron chi connectivity index (χ3n) is 0.972. The Balaban J connectivity index is 2.96. The van der Waals surface area contributed by atoms with E-state index in [1.165, 1.54) is 0 Å². The highest BCUT2D eigenvalue weighted by Gasteiger charge is 1.90. The lowest BCUT2D eigenvalue weighted by atomic mass is 10.7. The Morgan fingerprint density at radius 3 is 2.78 bits per heavy atom. The molecule has 0 unspecified atom stereocenters. The maximum atomic E-state index is 10.0. The molecule has 0 saturated heterocycles. The van der Waals surface area contributed by atoms with Crippen LogP contribution in [0.1, 0.15) is 6.92 Å². The van der Waals surface area contributed by atoms with Crippen LogP contribution in [0.3, 0.4) is 0 Å². The first-order valence-electron chi connectivity index (χ1n) is 3.04. The third kappa shape index (κ3) is 5.69. The fourth-order valence-electron chi connectivity index (χ4n) is 0.406. The summed E-state index contributed by atoms with van der Waals surface area (Å²) in [6.45, 7) is 2.98. The summed E-state index contributed by atoms with van der Waals surface area (Å²) in [4.78, 5) is 11.7. The van der Waals surface area contributed by atoms with Crippen molar-refractivity contribution in [3.05, 3.63) is 0 Å². The highest BCUT2D eigenvalue weighted by molar-refractivity contribution is 7.99. The quantitative estimate of drug-likeness (QED) is 0.424. The summed E-state index contributed by atoms with van der Waals surface area (Å²) < 4.78 is 0. The minimum absolute atomic E-state index is 0.857. The number of thioether (sulfide) groups is 1. The smallest absolute Gasteiger partial charge is 0.209 e. The third-order valence-corrected chi connectivity index (χ3v) is 1.85. The van der Waals surface area contributed by atoms with E-state index in [0.29, 0.717) is 0 Å². The number of nitrogens with zero attached hydrogens (tertiary/aromatic N) is 1. The topological polar surface area (TPSA) is 20.3 Å². The minimum Gasteiger partial charge on any atom is -0.347 e. The summed E-state index contributed by atoms with van der Waals surface area (Å²) in [5.74, 6) is 2.18. The zero-order valence-electron chi connectivity index (χ0n) is 5.96. The summed E-state index contributed by atoms with van der Waals surface area (Å²) in [7, 11) is 1.79. The van der Waals surface area contributed by atoms with Crippen molar-refractivity contribution in [3.8, 4) is 0 Å². The van der Waals surface area contributed by atoms with Gasteiger partial charge in [-0.25, -0.2) is 0 Å². The number of carbonyl (C=O) groups is 1. The van der Waals surface area contributed by atoms with Crippen molar-refractivity contribution < 1.29 is 4.79 Å². The van der Waals surface area contributed by atoms with Crippen molar-refractivity contribution in [2.45, 2.75) is 6.92 Å². The predicted molar refractivity (Wildman–Crippen MR) is 41.7 cm³/mol. The second-order valence-corrected chi connectivity index (χ2v) is 3.18. The van der Waals surface area contributed by atoms with Gasteiger partial charge in [0.1, 0.15) is 0 Å². The number of amides is 1. The normalized spacial score (nSPS) is 9.11. The minimum atomic E-state index is 0.857. The number of rotatable bonds is 5. The Kier molecular flexibility index (Phi) is 5.83. The van der Waals surface area contributed by atoms with Crippen LogP contribution in [0, 0.1) is 0 Å². The summed E-state index contributed by atoms with van der Waals surface area (Å²) in [5, 5.41) is 0. The molecule has 0 aromatic rings. The molecule has 0 aromatic heterocycles. The van der Waals surface area contributed by atoms with Crippen LogP contribution in [0.15, 0.2) is 0 Å². The van der Waals surface area contributed by atoms with Gasteiger partial charge < -0.3 is 4.90 Å². The molecule has 0 spiro atoms. The van der Waals surface area contributed by atoms with Crippen molar-refractivity contribution in [1.29, 1.82) is 0 Å². The van der Waals surface area contributed by atoms with Gasteiger partial charge in [-0.2, -0.15) is 11.8 Å². The van der Waals surface area contributed by atoms with Crippen LogP contribution >= 0.6 is 11.8 Å². The van der Waals surface area contributed by atoms with Gasteiger partial charge >= 0.3 is 0 Å². The van der Waals surface area contributed by atoms with Gasteiger partial charge in [0, 0.05) is 19.3 Å². The molecule has 0 rings (SSSR count). The first-order valence-corrected chi connectivity index (χ1v) is 4.20.